The van der Waals surface area contributed by atoms with Crippen LogP contribution in [0.3, 0.4) is 0 Å². The van der Waals surface area contributed by atoms with E-state index < -0.39 is 0 Å². The van der Waals surface area contributed by atoms with Crippen LogP contribution in [-0.4, -0.2) is 54.0 Å². The van der Waals surface area contributed by atoms with E-state index in [0.29, 0.717) is 6.04 Å². The molecule has 0 radical (unpaired) electrons. The van der Waals surface area contributed by atoms with Gasteiger partial charge >= 0.3 is 0 Å². The predicted octanol–water partition coefficient (Wildman–Crippen LogP) is 0.666. The molecule has 17 heavy (non-hydrogen) atoms. The van der Waals surface area contributed by atoms with Crippen molar-refractivity contribution in [2.45, 2.75) is 45.2 Å². The van der Waals surface area contributed by atoms with Gasteiger partial charge in [-0.25, -0.2) is 0 Å². The molecule has 0 aliphatic carbocycles. The summed E-state index contributed by atoms with van der Waals surface area (Å²) in [7, 11) is 0. The highest BCUT2D eigenvalue weighted by Gasteiger charge is 2.32. The quantitative estimate of drug-likeness (QED) is 0.770. The zero-order chi connectivity index (χ0) is 12.4. The van der Waals surface area contributed by atoms with Crippen molar-refractivity contribution in [1.29, 1.82) is 0 Å². The Labute approximate surface area is 104 Å². The second-order valence-electron chi connectivity index (χ2n) is 5.74. The fourth-order valence-electron chi connectivity index (χ4n) is 2.90. The highest BCUT2D eigenvalue weighted by atomic mass is 16.2. The molecule has 2 N–H and O–H groups in total. The van der Waals surface area contributed by atoms with E-state index in [9.17, 15) is 4.79 Å². The lowest BCUT2D eigenvalue weighted by Crippen LogP contribution is -2.49. The standard InChI is InChI=1S/C13H25N3O/c1-10(2)12(14)13(17)16-8-4-7-15-6-3-5-11(15)9-16/h10-12H,3-9,14H2,1-2H3/t11?,12-/m0/s1. The van der Waals surface area contributed by atoms with Crippen molar-refractivity contribution in [2.24, 2.45) is 11.7 Å². The van der Waals surface area contributed by atoms with Gasteiger partial charge in [0.2, 0.25) is 5.91 Å². The van der Waals surface area contributed by atoms with Crippen LogP contribution in [0.25, 0.3) is 0 Å². The Hall–Kier alpha value is -0.610. The van der Waals surface area contributed by atoms with Gasteiger partial charge in [-0.3, -0.25) is 9.69 Å². The molecule has 1 amide bonds. The maximum atomic E-state index is 12.3. The number of carbonyl (C=O) groups is 1. The molecule has 2 fully saturated rings. The van der Waals surface area contributed by atoms with Crippen LogP contribution in [0.4, 0.5) is 0 Å². The van der Waals surface area contributed by atoms with E-state index in [1.807, 2.05) is 18.7 Å². The molecule has 98 valence electrons. The molecule has 2 heterocycles. The van der Waals surface area contributed by atoms with Gasteiger partial charge in [-0.15, -0.1) is 0 Å². The molecule has 1 unspecified atom stereocenters. The lowest BCUT2D eigenvalue weighted by Gasteiger charge is -2.28. The monoisotopic (exact) mass is 239 g/mol. The normalized spacial score (nSPS) is 28.0. The van der Waals surface area contributed by atoms with Gasteiger partial charge in [0.25, 0.3) is 0 Å². The average molecular weight is 239 g/mol. The fraction of sp³-hybridized carbons (Fsp3) is 0.923. The molecule has 0 aromatic rings. The third kappa shape index (κ3) is 2.80. The van der Waals surface area contributed by atoms with Gasteiger partial charge in [0, 0.05) is 25.7 Å². The lowest BCUT2D eigenvalue weighted by molar-refractivity contribution is -0.133. The maximum absolute atomic E-state index is 12.3. The first-order valence-corrected chi connectivity index (χ1v) is 6.88. The number of fused-ring (bicyclic) bond motifs is 1. The molecule has 0 aromatic heterocycles. The number of carbonyl (C=O) groups excluding carboxylic acids is 1. The molecule has 0 saturated carbocycles. The first-order chi connectivity index (χ1) is 8.09. The van der Waals surface area contributed by atoms with Crippen molar-refractivity contribution < 1.29 is 4.79 Å². The summed E-state index contributed by atoms with van der Waals surface area (Å²) in [6.07, 6.45) is 3.61. The van der Waals surface area contributed by atoms with E-state index in [0.717, 1.165) is 26.1 Å². The first-order valence-electron chi connectivity index (χ1n) is 6.88. The molecular weight excluding hydrogens is 214 g/mol. The van der Waals surface area contributed by atoms with Gasteiger partial charge < -0.3 is 10.6 Å². The Morgan fingerprint density at radius 2 is 1.94 bits per heavy atom. The van der Waals surface area contributed by atoms with E-state index in [1.165, 1.54) is 19.4 Å². The van der Waals surface area contributed by atoms with Crippen LogP contribution in [0.1, 0.15) is 33.1 Å². The molecule has 2 aliphatic rings. The third-order valence-electron chi connectivity index (χ3n) is 4.12. The molecule has 2 saturated heterocycles. The highest BCUT2D eigenvalue weighted by molar-refractivity contribution is 5.82. The summed E-state index contributed by atoms with van der Waals surface area (Å²) in [4.78, 5) is 16.8. The number of hydrogen-bond donors (Lipinski definition) is 1. The number of nitrogens with two attached hydrogens (primary N) is 1. The van der Waals surface area contributed by atoms with E-state index >= 15 is 0 Å². The molecule has 0 bridgehead atoms. The highest BCUT2D eigenvalue weighted by Crippen LogP contribution is 2.21. The van der Waals surface area contributed by atoms with Crippen molar-refractivity contribution in [3.8, 4) is 0 Å². The Morgan fingerprint density at radius 1 is 1.24 bits per heavy atom. The summed E-state index contributed by atoms with van der Waals surface area (Å²) < 4.78 is 0. The van der Waals surface area contributed by atoms with Gasteiger partial charge in [0.15, 0.2) is 0 Å². The van der Waals surface area contributed by atoms with Crippen molar-refractivity contribution in [2.75, 3.05) is 26.2 Å². The third-order valence-corrected chi connectivity index (χ3v) is 4.12. The van der Waals surface area contributed by atoms with E-state index in [4.69, 9.17) is 5.73 Å². The smallest absolute Gasteiger partial charge is 0.239 e. The summed E-state index contributed by atoms with van der Waals surface area (Å²) in [6.45, 7) is 8.16. The predicted molar refractivity (Wildman–Crippen MR) is 68.6 cm³/mol. The molecular formula is C13H25N3O. The molecule has 0 aromatic carbocycles. The molecule has 4 heteroatoms. The summed E-state index contributed by atoms with van der Waals surface area (Å²) in [5.74, 6) is 0.374. The largest absolute Gasteiger partial charge is 0.340 e. The number of amides is 1. The van der Waals surface area contributed by atoms with Crippen LogP contribution in [0, 0.1) is 5.92 Å². The zero-order valence-electron chi connectivity index (χ0n) is 11.1. The molecule has 2 aliphatic heterocycles. The second kappa shape index (κ2) is 5.36. The second-order valence-corrected chi connectivity index (χ2v) is 5.74. The summed E-state index contributed by atoms with van der Waals surface area (Å²) >= 11 is 0. The summed E-state index contributed by atoms with van der Waals surface area (Å²) in [6, 6.07) is 0.253. The summed E-state index contributed by atoms with van der Waals surface area (Å²) in [5, 5.41) is 0. The van der Waals surface area contributed by atoms with Crippen LogP contribution in [0.2, 0.25) is 0 Å². The maximum Gasteiger partial charge on any atom is 0.239 e. The molecule has 0 spiro atoms. The fourth-order valence-corrected chi connectivity index (χ4v) is 2.90. The Balaban J connectivity index is 1.98. The van der Waals surface area contributed by atoms with Crippen molar-refractivity contribution >= 4 is 5.91 Å². The van der Waals surface area contributed by atoms with E-state index in [1.54, 1.807) is 0 Å². The van der Waals surface area contributed by atoms with Crippen molar-refractivity contribution in [1.82, 2.24) is 9.80 Å². The average Bonchev–Trinajstić information content (AvgIpc) is 2.64. The molecule has 2 atom stereocenters. The minimum Gasteiger partial charge on any atom is -0.340 e. The van der Waals surface area contributed by atoms with Crippen LogP contribution in [-0.2, 0) is 4.79 Å². The van der Waals surface area contributed by atoms with Crippen molar-refractivity contribution in [3.05, 3.63) is 0 Å². The topological polar surface area (TPSA) is 49.6 Å². The number of nitrogens with zero attached hydrogens (tertiary/aromatic N) is 2. The SMILES string of the molecule is CC(C)[C@H](N)C(=O)N1CCCN2CCCC2C1. The zero-order valence-corrected chi connectivity index (χ0v) is 11.1. The van der Waals surface area contributed by atoms with E-state index in [2.05, 4.69) is 4.90 Å². The Bertz CT molecular complexity index is 280. The molecule has 2 rings (SSSR count). The lowest BCUT2D eigenvalue weighted by atomic mass is 10.0. The minimum atomic E-state index is -0.331. The van der Waals surface area contributed by atoms with Crippen LogP contribution < -0.4 is 5.73 Å². The summed E-state index contributed by atoms with van der Waals surface area (Å²) in [5.41, 5.74) is 5.97. The van der Waals surface area contributed by atoms with E-state index in [-0.39, 0.29) is 17.9 Å². The number of hydrogen-bond acceptors (Lipinski definition) is 3. The van der Waals surface area contributed by atoms with Gasteiger partial charge in [-0.1, -0.05) is 13.8 Å². The van der Waals surface area contributed by atoms with Crippen molar-refractivity contribution in [3.63, 3.8) is 0 Å². The van der Waals surface area contributed by atoms with Crippen LogP contribution >= 0.6 is 0 Å². The first kappa shape index (κ1) is 12.8. The Morgan fingerprint density at radius 3 is 2.65 bits per heavy atom. The number of rotatable bonds is 2. The van der Waals surface area contributed by atoms with Gasteiger partial charge in [-0.05, 0) is 31.7 Å². The van der Waals surface area contributed by atoms with Gasteiger partial charge in [-0.2, -0.15) is 0 Å². The Kier molecular flexibility index (Phi) is 4.05. The van der Waals surface area contributed by atoms with Gasteiger partial charge in [0.1, 0.15) is 0 Å². The minimum absolute atomic E-state index is 0.147. The van der Waals surface area contributed by atoms with Crippen LogP contribution in [0.5, 0.6) is 0 Å². The molecule has 4 nitrogen and oxygen atoms in total. The van der Waals surface area contributed by atoms with Gasteiger partial charge in [0.05, 0.1) is 6.04 Å². The van der Waals surface area contributed by atoms with Crippen LogP contribution in [0.15, 0.2) is 0 Å².